The maximum Gasteiger partial charge on any atom is 0.258 e. The molecule has 0 unspecified atom stereocenters. The minimum atomic E-state index is -0.0775. The van der Waals surface area contributed by atoms with Crippen LogP contribution in [0.25, 0.3) is 0 Å². The van der Waals surface area contributed by atoms with Crippen LogP contribution < -0.4 is 14.4 Å². The van der Waals surface area contributed by atoms with Crippen molar-refractivity contribution in [3.05, 3.63) is 52.0 Å². The Balaban J connectivity index is 1.99. The van der Waals surface area contributed by atoms with Gasteiger partial charge in [-0.1, -0.05) is 29.8 Å². The van der Waals surface area contributed by atoms with E-state index in [4.69, 9.17) is 21.1 Å². The summed E-state index contributed by atoms with van der Waals surface area (Å²) in [6.45, 7) is 5.04. The van der Waals surface area contributed by atoms with Gasteiger partial charge < -0.3 is 14.4 Å². The highest BCUT2D eigenvalue weighted by atomic mass is 35.5. The third kappa shape index (κ3) is 2.82. The smallest absolute Gasteiger partial charge is 0.258 e. The van der Waals surface area contributed by atoms with Crippen LogP contribution in [0.5, 0.6) is 11.5 Å². The zero-order valence-corrected chi connectivity index (χ0v) is 14.8. The number of nitrogens with zero attached hydrogens (tertiary/aromatic N) is 1. The first-order valence-electron chi connectivity index (χ1n) is 7.97. The van der Waals surface area contributed by atoms with Crippen LogP contribution in [0.15, 0.2) is 30.3 Å². The number of anilines is 1. The summed E-state index contributed by atoms with van der Waals surface area (Å²) in [6.07, 6.45) is 0.866. The minimum absolute atomic E-state index is 0.0775. The lowest BCUT2D eigenvalue weighted by Gasteiger charge is -2.20. The van der Waals surface area contributed by atoms with Crippen LogP contribution in [-0.4, -0.2) is 26.2 Å². The van der Waals surface area contributed by atoms with Gasteiger partial charge >= 0.3 is 0 Å². The second kappa shape index (κ2) is 6.73. The molecule has 4 nitrogen and oxygen atoms in total. The average molecular weight is 346 g/mol. The van der Waals surface area contributed by atoms with E-state index in [2.05, 4.69) is 6.07 Å². The molecule has 5 heteroatoms. The third-order valence-corrected chi connectivity index (χ3v) is 4.49. The van der Waals surface area contributed by atoms with Gasteiger partial charge in [0.1, 0.15) is 0 Å². The molecular formula is C19H20ClNO3. The molecule has 0 saturated carbocycles. The lowest BCUT2D eigenvalue weighted by Crippen LogP contribution is -2.29. The number of rotatable bonds is 4. The van der Waals surface area contributed by atoms with Crippen molar-refractivity contribution in [2.75, 3.05) is 25.2 Å². The number of ether oxygens (including phenoxy) is 2. The molecule has 0 atom stereocenters. The Bertz CT molecular complexity index is 788. The Labute approximate surface area is 146 Å². The monoisotopic (exact) mass is 345 g/mol. The molecule has 0 radical (unpaired) electrons. The highest BCUT2D eigenvalue weighted by Gasteiger charge is 2.28. The molecule has 1 aliphatic heterocycles. The molecule has 0 aromatic heterocycles. The summed E-state index contributed by atoms with van der Waals surface area (Å²) in [5.74, 6) is 0.861. The van der Waals surface area contributed by atoms with E-state index in [1.807, 2.05) is 30.9 Å². The maximum absolute atomic E-state index is 13.0. The number of amides is 1. The van der Waals surface area contributed by atoms with E-state index in [-0.39, 0.29) is 5.91 Å². The Morgan fingerprint density at radius 1 is 1.33 bits per heavy atom. The van der Waals surface area contributed by atoms with E-state index in [0.29, 0.717) is 35.2 Å². The van der Waals surface area contributed by atoms with E-state index in [0.717, 1.165) is 17.7 Å². The van der Waals surface area contributed by atoms with Crippen LogP contribution in [0.4, 0.5) is 5.69 Å². The number of hydrogen-bond donors (Lipinski definition) is 0. The Hall–Kier alpha value is -2.20. The molecule has 1 heterocycles. The second-order valence-electron chi connectivity index (χ2n) is 5.71. The van der Waals surface area contributed by atoms with Crippen molar-refractivity contribution >= 4 is 23.2 Å². The third-order valence-electron chi connectivity index (χ3n) is 4.21. The highest BCUT2D eigenvalue weighted by molar-refractivity contribution is 6.33. The summed E-state index contributed by atoms with van der Waals surface area (Å²) >= 11 is 6.30. The van der Waals surface area contributed by atoms with Crippen molar-refractivity contribution in [3.63, 3.8) is 0 Å². The normalized spacial score (nSPS) is 12.9. The fourth-order valence-electron chi connectivity index (χ4n) is 3.14. The van der Waals surface area contributed by atoms with Crippen LogP contribution in [0.1, 0.15) is 28.4 Å². The number of fused-ring (bicyclic) bond motifs is 1. The summed E-state index contributed by atoms with van der Waals surface area (Å²) in [7, 11) is 1.54. The van der Waals surface area contributed by atoms with E-state index < -0.39 is 0 Å². The Kier molecular flexibility index (Phi) is 4.67. The van der Waals surface area contributed by atoms with Crippen LogP contribution in [-0.2, 0) is 6.42 Å². The largest absolute Gasteiger partial charge is 0.493 e. The predicted molar refractivity (Wildman–Crippen MR) is 95.7 cm³/mol. The van der Waals surface area contributed by atoms with Gasteiger partial charge in [0, 0.05) is 12.1 Å². The highest BCUT2D eigenvalue weighted by Crippen LogP contribution is 2.38. The van der Waals surface area contributed by atoms with Gasteiger partial charge in [-0.25, -0.2) is 0 Å². The molecule has 0 aliphatic carbocycles. The van der Waals surface area contributed by atoms with Gasteiger partial charge in [0.2, 0.25) is 0 Å². The van der Waals surface area contributed by atoms with Crippen molar-refractivity contribution < 1.29 is 14.3 Å². The number of halogens is 1. The van der Waals surface area contributed by atoms with Gasteiger partial charge in [0.25, 0.3) is 5.91 Å². The zero-order valence-electron chi connectivity index (χ0n) is 14.1. The first kappa shape index (κ1) is 16.7. The molecule has 2 aromatic rings. The average Bonchev–Trinajstić information content (AvgIpc) is 3.01. The van der Waals surface area contributed by atoms with E-state index >= 15 is 0 Å². The fraction of sp³-hybridized carbons (Fsp3) is 0.316. The molecule has 0 spiro atoms. The predicted octanol–water partition coefficient (Wildman–Crippen LogP) is 4.26. The second-order valence-corrected chi connectivity index (χ2v) is 6.12. The van der Waals surface area contributed by atoms with Crippen molar-refractivity contribution in [2.45, 2.75) is 20.3 Å². The van der Waals surface area contributed by atoms with Gasteiger partial charge in [-0.2, -0.15) is 0 Å². The van der Waals surface area contributed by atoms with Gasteiger partial charge in [-0.15, -0.1) is 0 Å². The summed E-state index contributed by atoms with van der Waals surface area (Å²) in [4.78, 5) is 14.8. The molecule has 3 rings (SSSR count). The van der Waals surface area contributed by atoms with Gasteiger partial charge in [-0.05, 0) is 43.5 Å². The maximum atomic E-state index is 13.0. The first-order valence-corrected chi connectivity index (χ1v) is 8.35. The van der Waals surface area contributed by atoms with Crippen molar-refractivity contribution in [2.24, 2.45) is 0 Å². The molecule has 0 N–H and O–H groups in total. The zero-order chi connectivity index (χ0) is 17.3. The molecule has 126 valence electrons. The Morgan fingerprint density at radius 2 is 2.12 bits per heavy atom. The summed E-state index contributed by atoms with van der Waals surface area (Å²) in [6, 6.07) is 9.46. The Morgan fingerprint density at radius 3 is 2.83 bits per heavy atom. The summed E-state index contributed by atoms with van der Waals surface area (Å²) in [5, 5.41) is 0.378. The minimum Gasteiger partial charge on any atom is -0.493 e. The van der Waals surface area contributed by atoms with E-state index in [1.54, 1.807) is 12.1 Å². The van der Waals surface area contributed by atoms with Gasteiger partial charge in [-0.3, -0.25) is 4.79 Å². The molecule has 0 fully saturated rings. The quantitative estimate of drug-likeness (QED) is 0.831. The SMILES string of the molecule is CCOc1c(Cl)cc(C(=O)N2CCc3cccc(C)c32)cc1OC. The molecular weight excluding hydrogens is 326 g/mol. The summed E-state index contributed by atoms with van der Waals surface area (Å²) < 4.78 is 10.9. The molecule has 1 amide bonds. The van der Waals surface area contributed by atoms with Crippen molar-refractivity contribution in [1.29, 1.82) is 0 Å². The number of aryl methyl sites for hydroxylation is 1. The fourth-order valence-corrected chi connectivity index (χ4v) is 3.40. The van der Waals surface area contributed by atoms with Crippen LogP contribution in [0, 0.1) is 6.92 Å². The van der Waals surface area contributed by atoms with Crippen molar-refractivity contribution in [3.8, 4) is 11.5 Å². The topological polar surface area (TPSA) is 38.8 Å². The number of methoxy groups -OCH3 is 1. The number of hydrogen-bond acceptors (Lipinski definition) is 3. The standard InChI is InChI=1S/C19H20ClNO3/c1-4-24-18-15(20)10-14(11-16(18)23-3)19(22)21-9-8-13-7-5-6-12(2)17(13)21/h5-7,10-11H,4,8-9H2,1-3H3. The molecule has 2 aromatic carbocycles. The number of para-hydroxylation sites is 1. The lowest BCUT2D eigenvalue weighted by molar-refractivity contribution is 0.0989. The lowest BCUT2D eigenvalue weighted by atomic mass is 10.1. The van der Waals surface area contributed by atoms with Gasteiger partial charge in [0.15, 0.2) is 11.5 Å². The van der Waals surface area contributed by atoms with E-state index in [1.165, 1.54) is 12.7 Å². The first-order chi connectivity index (χ1) is 11.6. The molecule has 0 bridgehead atoms. The number of carbonyl (C=O) groups excluding carboxylic acids is 1. The van der Waals surface area contributed by atoms with Gasteiger partial charge in [0.05, 0.1) is 24.4 Å². The van der Waals surface area contributed by atoms with Crippen LogP contribution in [0.2, 0.25) is 5.02 Å². The molecule has 1 aliphatic rings. The van der Waals surface area contributed by atoms with Crippen LogP contribution >= 0.6 is 11.6 Å². The number of carbonyl (C=O) groups is 1. The van der Waals surface area contributed by atoms with Crippen molar-refractivity contribution in [1.82, 2.24) is 0 Å². The molecule has 0 saturated heterocycles. The molecule has 24 heavy (non-hydrogen) atoms. The van der Waals surface area contributed by atoms with Crippen LogP contribution in [0.3, 0.4) is 0 Å². The van der Waals surface area contributed by atoms with E-state index in [9.17, 15) is 4.79 Å². The summed E-state index contributed by atoms with van der Waals surface area (Å²) in [5.41, 5.74) is 3.80. The number of benzene rings is 2.